The number of carbonyl (C=O) groups is 1. The first-order chi connectivity index (χ1) is 7.41. The summed E-state index contributed by atoms with van der Waals surface area (Å²) in [4.78, 5) is 11.7. The van der Waals surface area contributed by atoms with Gasteiger partial charge in [-0.25, -0.2) is 0 Å². The zero-order valence-corrected chi connectivity index (χ0v) is 10.6. The zero-order chi connectivity index (χ0) is 12.8. The summed E-state index contributed by atoms with van der Waals surface area (Å²) in [6.45, 7) is 7.75. The summed E-state index contributed by atoms with van der Waals surface area (Å²) in [6, 6.07) is 0. The molecule has 0 radical (unpaired) electrons. The largest absolute Gasteiger partial charge is 0.409 e. The molecule has 0 aliphatic heterocycles. The van der Waals surface area contributed by atoms with E-state index >= 15 is 0 Å². The van der Waals surface area contributed by atoms with E-state index in [4.69, 9.17) is 10.9 Å². The van der Waals surface area contributed by atoms with Gasteiger partial charge < -0.3 is 16.3 Å². The Bertz CT molecular complexity index is 258. The monoisotopic (exact) mass is 229 g/mol. The number of hydrogen-bond donors (Lipinski definition) is 3. The Labute approximate surface area is 97.1 Å². The predicted molar refractivity (Wildman–Crippen MR) is 64.3 cm³/mol. The predicted octanol–water partition coefficient (Wildman–Crippen LogP) is 1.45. The van der Waals surface area contributed by atoms with Crippen molar-refractivity contribution in [2.24, 2.45) is 16.8 Å². The fourth-order valence-electron chi connectivity index (χ4n) is 1.64. The van der Waals surface area contributed by atoms with Gasteiger partial charge in [-0.1, -0.05) is 32.9 Å². The molecule has 5 heteroatoms. The van der Waals surface area contributed by atoms with Crippen LogP contribution in [-0.2, 0) is 4.79 Å². The smallest absolute Gasteiger partial charge is 0.221 e. The third kappa shape index (κ3) is 3.72. The molecular weight excluding hydrogens is 206 g/mol. The second kappa shape index (κ2) is 6.35. The molecule has 0 unspecified atom stereocenters. The molecule has 4 N–H and O–H groups in total. The van der Waals surface area contributed by atoms with Crippen LogP contribution in [0.1, 0.15) is 47.0 Å². The molecule has 0 aromatic heterocycles. The summed E-state index contributed by atoms with van der Waals surface area (Å²) in [7, 11) is 0. The van der Waals surface area contributed by atoms with Crippen molar-refractivity contribution in [3.8, 4) is 0 Å². The molecule has 0 atom stereocenters. The number of carbonyl (C=O) groups excluding carboxylic acids is 1. The molecule has 0 saturated heterocycles. The highest BCUT2D eigenvalue weighted by Gasteiger charge is 2.33. The summed E-state index contributed by atoms with van der Waals surface area (Å²) >= 11 is 0. The van der Waals surface area contributed by atoms with Crippen LogP contribution in [0.5, 0.6) is 0 Å². The van der Waals surface area contributed by atoms with Crippen molar-refractivity contribution < 1.29 is 10.0 Å². The molecular formula is C11H23N3O2. The molecule has 0 bridgehead atoms. The Balaban J connectivity index is 4.74. The van der Waals surface area contributed by atoms with Gasteiger partial charge in [-0.15, -0.1) is 0 Å². The Morgan fingerprint density at radius 3 is 2.25 bits per heavy atom. The molecule has 5 nitrogen and oxygen atoms in total. The van der Waals surface area contributed by atoms with E-state index in [2.05, 4.69) is 10.5 Å². The molecule has 0 spiro atoms. The van der Waals surface area contributed by atoms with Crippen LogP contribution in [0.15, 0.2) is 5.16 Å². The van der Waals surface area contributed by atoms with Crippen LogP contribution >= 0.6 is 0 Å². The lowest BCUT2D eigenvalue weighted by Crippen LogP contribution is -2.57. The van der Waals surface area contributed by atoms with Crippen LogP contribution in [0.3, 0.4) is 0 Å². The normalized spacial score (nSPS) is 12.9. The minimum Gasteiger partial charge on any atom is -0.409 e. The van der Waals surface area contributed by atoms with E-state index in [0.717, 1.165) is 0 Å². The van der Waals surface area contributed by atoms with Gasteiger partial charge in [0.2, 0.25) is 5.91 Å². The van der Waals surface area contributed by atoms with Crippen LogP contribution in [0, 0.1) is 5.92 Å². The highest BCUT2D eigenvalue weighted by atomic mass is 16.4. The number of nitrogens with one attached hydrogen (secondary N) is 1. The molecule has 0 saturated carbocycles. The molecule has 16 heavy (non-hydrogen) atoms. The fraction of sp³-hybridized carbons (Fsp3) is 0.818. The Kier molecular flexibility index (Phi) is 5.85. The van der Waals surface area contributed by atoms with E-state index in [1.807, 2.05) is 27.7 Å². The maximum Gasteiger partial charge on any atom is 0.221 e. The maximum absolute atomic E-state index is 11.7. The van der Waals surface area contributed by atoms with Gasteiger partial charge in [0.05, 0.1) is 0 Å². The van der Waals surface area contributed by atoms with Gasteiger partial charge in [0.1, 0.15) is 5.54 Å². The lowest BCUT2D eigenvalue weighted by Gasteiger charge is -2.31. The first-order valence-electron chi connectivity index (χ1n) is 5.70. The van der Waals surface area contributed by atoms with Crippen LogP contribution in [0.2, 0.25) is 0 Å². The summed E-state index contributed by atoms with van der Waals surface area (Å²) in [5.41, 5.74) is 4.92. The summed E-state index contributed by atoms with van der Waals surface area (Å²) < 4.78 is 0. The SMILES string of the molecule is CCC(CC)(NC(=O)CC(C)C)/C(N)=N/O. The molecule has 0 aliphatic rings. The van der Waals surface area contributed by atoms with Crippen molar-refractivity contribution in [3.63, 3.8) is 0 Å². The average Bonchev–Trinajstić information content (AvgIpc) is 2.23. The molecule has 0 heterocycles. The molecule has 0 aromatic rings. The van der Waals surface area contributed by atoms with Crippen LogP contribution < -0.4 is 11.1 Å². The number of amides is 1. The molecule has 0 aromatic carbocycles. The number of oxime groups is 1. The third-order valence-corrected chi connectivity index (χ3v) is 2.78. The number of nitrogens with zero attached hydrogens (tertiary/aromatic N) is 1. The van der Waals surface area contributed by atoms with Gasteiger partial charge >= 0.3 is 0 Å². The quantitative estimate of drug-likeness (QED) is 0.279. The number of nitrogens with two attached hydrogens (primary N) is 1. The van der Waals surface area contributed by atoms with Gasteiger partial charge in [-0.05, 0) is 18.8 Å². The second-order valence-corrected chi connectivity index (χ2v) is 4.42. The molecule has 0 aliphatic carbocycles. The average molecular weight is 229 g/mol. The van der Waals surface area contributed by atoms with E-state index in [9.17, 15) is 4.79 Å². The number of amidine groups is 1. The standard InChI is InChI=1S/C11H23N3O2/c1-5-11(6-2,10(12)14-16)13-9(15)7-8(3)4/h8,16H,5-7H2,1-4H3,(H2,12,14)(H,13,15). The summed E-state index contributed by atoms with van der Waals surface area (Å²) in [6.07, 6.45) is 1.65. The van der Waals surface area contributed by atoms with Crippen LogP contribution in [0.25, 0.3) is 0 Å². The van der Waals surface area contributed by atoms with E-state index in [-0.39, 0.29) is 11.7 Å². The zero-order valence-electron chi connectivity index (χ0n) is 10.6. The molecule has 0 rings (SSSR count). The van der Waals surface area contributed by atoms with Crippen molar-refractivity contribution in [1.29, 1.82) is 0 Å². The van der Waals surface area contributed by atoms with E-state index < -0.39 is 5.54 Å². The lowest BCUT2D eigenvalue weighted by molar-refractivity contribution is -0.123. The second-order valence-electron chi connectivity index (χ2n) is 4.42. The fourth-order valence-corrected chi connectivity index (χ4v) is 1.64. The van der Waals surface area contributed by atoms with Crippen molar-refractivity contribution >= 4 is 11.7 Å². The summed E-state index contributed by atoms with van der Waals surface area (Å²) in [5.74, 6) is 0.290. The molecule has 94 valence electrons. The van der Waals surface area contributed by atoms with E-state index in [0.29, 0.717) is 25.2 Å². The summed E-state index contributed by atoms with van der Waals surface area (Å²) in [5, 5.41) is 14.6. The topological polar surface area (TPSA) is 87.7 Å². The minimum atomic E-state index is -0.722. The van der Waals surface area contributed by atoms with Crippen LogP contribution in [0.4, 0.5) is 0 Å². The van der Waals surface area contributed by atoms with Gasteiger partial charge in [0.15, 0.2) is 5.84 Å². The Morgan fingerprint density at radius 1 is 1.44 bits per heavy atom. The van der Waals surface area contributed by atoms with Crippen molar-refractivity contribution in [3.05, 3.63) is 0 Å². The van der Waals surface area contributed by atoms with Gasteiger partial charge in [-0.2, -0.15) is 0 Å². The van der Waals surface area contributed by atoms with Crippen molar-refractivity contribution in [1.82, 2.24) is 5.32 Å². The highest BCUT2D eigenvalue weighted by Crippen LogP contribution is 2.16. The van der Waals surface area contributed by atoms with Crippen LogP contribution in [-0.4, -0.2) is 22.5 Å². The van der Waals surface area contributed by atoms with Crippen molar-refractivity contribution in [2.75, 3.05) is 0 Å². The first-order valence-corrected chi connectivity index (χ1v) is 5.70. The van der Waals surface area contributed by atoms with E-state index in [1.165, 1.54) is 0 Å². The lowest BCUT2D eigenvalue weighted by atomic mass is 9.91. The van der Waals surface area contributed by atoms with Gasteiger partial charge in [0, 0.05) is 6.42 Å². The highest BCUT2D eigenvalue weighted by molar-refractivity contribution is 5.93. The van der Waals surface area contributed by atoms with Gasteiger partial charge in [-0.3, -0.25) is 4.79 Å². The number of hydrogen-bond acceptors (Lipinski definition) is 3. The van der Waals surface area contributed by atoms with Crippen molar-refractivity contribution in [2.45, 2.75) is 52.5 Å². The third-order valence-electron chi connectivity index (χ3n) is 2.78. The minimum absolute atomic E-state index is 0.0645. The first kappa shape index (κ1) is 14.7. The number of rotatable bonds is 6. The van der Waals surface area contributed by atoms with E-state index in [1.54, 1.807) is 0 Å². The Morgan fingerprint density at radius 2 is 1.94 bits per heavy atom. The maximum atomic E-state index is 11.7. The molecule has 0 fully saturated rings. The van der Waals surface area contributed by atoms with Gasteiger partial charge in [0.25, 0.3) is 0 Å². The molecule has 1 amide bonds. The Hall–Kier alpha value is -1.26.